The number of carbonyl (C=O) groups is 1. The molecule has 7 nitrogen and oxygen atoms in total. The van der Waals surface area contributed by atoms with Crippen LogP contribution in [0.15, 0.2) is 48.5 Å². The van der Waals surface area contributed by atoms with Gasteiger partial charge in [0, 0.05) is 18.8 Å². The molecule has 9 heteroatoms. The summed E-state index contributed by atoms with van der Waals surface area (Å²) in [5, 5.41) is 9.08. The topological polar surface area (TPSA) is 72.3 Å². The number of amides is 1. The molecule has 1 aliphatic rings. The van der Waals surface area contributed by atoms with Crippen LogP contribution >= 0.6 is 22.9 Å². The van der Waals surface area contributed by atoms with Gasteiger partial charge >= 0.3 is 0 Å². The second-order valence-electron chi connectivity index (χ2n) is 8.11. The van der Waals surface area contributed by atoms with Crippen LogP contribution < -0.4 is 15.0 Å². The van der Waals surface area contributed by atoms with E-state index in [1.54, 1.807) is 36.6 Å². The number of aromatic nitrogens is 3. The summed E-state index contributed by atoms with van der Waals surface area (Å²) in [5.41, 5.74) is 3.47. The molecule has 1 atom stereocenters. The maximum atomic E-state index is 13.0. The Kier molecular flexibility index (Phi) is 5.95. The average molecular weight is 482 g/mol. The fraction of sp³-hybridized carbons (Fsp3) is 0.292. The maximum absolute atomic E-state index is 13.0. The monoisotopic (exact) mass is 481 g/mol. The van der Waals surface area contributed by atoms with E-state index in [0.29, 0.717) is 23.0 Å². The molecule has 5 rings (SSSR count). The van der Waals surface area contributed by atoms with Crippen molar-refractivity contribution in [1.82, 2.24) is 14.8 Å². The Morgan fingerprint density at radius 2 is 2.06 bits per heavy atom. The zero-order valence-corrected chi connectivity index (χ0v) is 20.0. The van der Waals surface area contributed by atoms with Crippen molar-refractivity contribution in [3.8, 4) is 11.4 Å². The summed E-state index contributed by atoms with van der Waals surface area (Å²) in [7, 11) is 1.57. The molecular weight excluding hydrogens is 458 g/mol. The molecule has 0 radical (unpaired) electrons. The number of rotatable bonds is 5. The van der Waals surface area contributed by atoms with Gasteiger partial charge in [-0.15, -0.1) is 0 Å². The van der Waals surface area contributed by atoms with Crippen LogP contribution in [0.5, 0.6) is 5.75 Å². The van der Waals surface area contributed by atoms with Crippen LogP contribution in [-0.2, 0) is 4.79 Å². The molecule has 2 aromatic carbocycles. The highest BCUT2D eigenvalue weighted by molar-refractivity contribution is 7.22. The zero-order valence-electron chi connectivity index (χ0n) is 18.4. The summed E-state index contributed by atoms with van der Waals surface area (Å²) in [5.74, 6) is 0.450. The molecule has 0 spiro atoms. The number of anilines is 2. The molecule has 1 saturated heterocycles. The molecule has 2 aromatic heterocycles. The van der Waals surface area contributed by atoms with Gasteiger partial charge in [-0.3, -0.25) is 4.79 Å². The summed E-state index contributed by atoms with van der Waals surface area (Å²) >= 11 is 7.84. The minimum Gasteiger partial charge on any atom is -0.495 e. The Balaban J connectivity index is 1.34. The average Bonchev–Trinajstić information content (AvgIpc) is 3.40. The third-order valence-corrected chi connectivity index (χ3v) is 7.37. The standard InChI is InChI=1S/C24H24ClN5O2S/c1-15-21-22(30(28-15)18-8-4-3-5-9-18)27-24(33-21)29-12-6-7-16(14-29)23(31)26-17-10-11-20(32-2)19(25)13-17/h3-5,8-11,13,16H,6-7,12,14H2,1-2H3,(H,26,31). The van der Waals surface area contributed by atoms with E-state index in [4.69, 9.17) is 21.3 Å². The number of nitrogens with zero attached hydrogens (tertiary/aromatic N) is 4. The number of para-hydroxylation sites is 1. The molecule has 0 aliphatic carbocycles. The minimum absolute atomic E-state index is 0.00585. The first kappa shape index (κ1) is 21.7. The zero-order chi connectivity index (χ0) is 22.9. The maximum Gasteiger partial charge on any atom is 0.229 e. The molecule has 1 fully saturated rings. The first-order valence-corrected chi connectivity index (χ1v) is 12.0. The van der Waals surface area contributed by atoms with E-state index in [2.05, 4.69) is 15.3 Å². The summed E-state index contributed by atoms with van der Waals surface area (Å²) in [6.45, 7) is 3.52. The van der Waals surface area contributed by atoms with E-state index in [-0.39, 0.29) is 11.8 Å². The van der Waals surface area contributed by atoms with Crippen molar-refractivity contribution in [2.75, 3.05) is 30.4 Å². The van der Waals surface area contributed by atoms with Gasteiger partial charge in [-0.1, -0.05) is 41.1 Å². The second-order valence-corrected chi connectivity index (χ2v) is 9.49. The van der Waals surface area contributed by atoms with E-state index in [1.165, 1.54) is 0 Å². The molecule has 0 saturated carbocycles. The van der Waals surface area contributed by atoms with Crippen molar-refractivity contribution in [1.29, 1.82) is 0 Å². The number of piperidine rings is 1. The number of aryl methyl sites for hydroxylation is 1. The van der Waals surface area contributed by atoms with Gasteiger partial charge in [-0.05, 0) is 50.1 Å². The van der Waals surface area contributed by atoms with Gasteiger partial charge in [0.2, 0.25) is 5.91 Å². The van der Waals surface area contributed by atoms with Gasteiger partial charge in [-0.25, -0.2) is 4.68 Å². The lowest BCUT2D eigenvalue weighted by molar-refractivity contribution is -0.120. The number of nitrogens with one attached hydrogen (secondary N) is 1. The highest BCUT2D eigenvalue weighted by Gasteiger charge is 2.28. The fourth-order valence-electron chi connectivity index (χ4n) is 4.16. The number of fused-ring (bicyclic) bond motifs is 1. The lowest BCUT2D eigenvalue weighted by Gasteiger charge is -2.31. The van der Waals surface area contributed by atoms with E-state index < -0.39 is 0 Å². The van der Waals surface area contributed by atoms with Gasteiger partial charge < -0.3 is 15.0 Å². The first-order valence-electron chi connectivity index (χ1n) is 10.8. The van der Waals surface area contributed by atoms with E-state index >= 15 is 0 Å². The molecule has 4 aromatic rings. The Bertz CT molecular complexity index is 1300. The molecule has 1 aliphatic heterocycles. The third-order valence-electron chi connectivity index (χ3n) is 5.86. The largest absolute Gasteiger partial charge is 0.495 e. The molecule has 0 bridgehead atoms. The van der Waals surface area contributed by atoms with Crippen LogP contribution in [0.2, 0.25) is 5.02 Å². The highest BCUT2D eigenvalue weighted by atomic mass is 35.5. The van der Waals surface area contributed by atoms with Crippen LogP contribution in [0.3, 0.4) is 0 Å². The van der Waals surface area contributed by atoms with Gasteiger partial charge in [0.15, 0.2) is 10.8 Å². The van der Waals surface area contributed by atoms with Crippen LogP contribution in [0.1, 0.15) is 18.5 Å². The number of ether oxygens (including phenoxy) is 1. The lowest BCUT2D eigenvalue weighted by Crippen LogP contribution is -2.40. The van der Waals surface area contributed by atoms with Crippen LogP contribution in [-0.4, -0.2) is 40.9 Å². The Morgan fingerprint density at radius 3 is 2.82 bits per heavy atom. The SMILES string of the molecule is COc1ccc(NC(=O)C2CCCN(c3nc4c(s3)c(C)nn4-c3ccccc3)C2)cc1Cl. The van der Waals surface area contributed by atoms with Crippen molar-refractivity contribution in [3.63, 3.8) is 0 Å². The van der Waals surface area contributed by atoms with Gasteiger partial charge in [0.05, 0.1) is 34.1 Å². The lowest BCUT2D eigenvalue weighted by atomic mass is 9.97. The second kappa shape index (κ2) is 9.03. The highest BCUT2D eigenvalue weighted by Crippen LogP contribution is 2.35. The van der Waals surface area contributed by atoms with Crippen molar-refractivity contribution >= 4 is 50.0 Å². The molecule has 1 amide bonds. The summed E-state index contributed by atoms with van der Waals surface area (Å²) in [4.78, 5) is 20.1. The number of hydrogen-bond acceptors (Lipinski definition) is 6. The first-order chi connectivity index (χ1) is 16.0. The summed E-state index contributed by atoms with van der Waals surface area (Å²) < 4.78 is 8.16. The number of hydrogen-bond donors (Lipinski definition) is 1. The van der Waals surface area contributed by atoms with Crippen LogP contribution in [0.4, 0.5) is 10.8 Å². The van der Waals surface area contributed by atoms with E-state index in [0.717, 1.165) is 46.2 Å². The third kappa shape index (κ3) is 4.28. The van der Waals surface area contributed by atoms with Crippen LogP contribution in [0, 0.1) is 12.8 Å². The van der Waals surface area contributed by atoms with Gasteiger partial charge in [0.25, 0.3) is 0 Å². The number of carbonyl (C=O) groups excluding carboxylic acids is 1. The summed E-state index contributed by atoms with van der Waals surface area (Å²) in [6.07, 6.45) is 1.77. The predicted octanol–water partition coefficient (Wildman–Crippen LogP) is 5.31. The number of methoxy groups -OCH3 is 1. The van der Waals surface area contributed by atoms with E-state index in [1.807, 2.05) is 41.9 Å². The van der Waals surface area contributed by atoms with Crippen LogP contribution in [0.25, 0.3) is 16.0 Å². The normalized spacial score (nSPS) is 16.2. The molecule has 170 valence electrons. The number of thiazole rings is 1. The Labute approximate surface area is 200 Å². The smallest absolute Gasteiger partial charge is 0.229 e. The minimum atomic E-state index is -0.127. The molecule has 1 unspecified atom stereocenters. The fourth-order valence-corrected chi connectivity index (χ4v) is 5.44. The van der Waals surface area contributed by atoms with Crippen molar-refractivity contribution in [2.24, 2.45) is 5.92 Å². The summed E-state index contributed by atoms with van der Waals surface area (Å²) in [6, 6.07) is 15.3. The van der Waals surface area contributed by atoms with Gasteiger partial charge in [0.1, 0.15) is 5.75 Å². The predicted molar refractivity (Wildman–Crippen MR) is 133 cm³/mol. The number of benzene rings is 2. The van der Waals surface area contributed by atoms with Crippen molar-refractivity contribution in [2.45, 2.75) is 19.8 Å². The van der Waals surface area contributed by atoms with E-state index in [9.17, 15) is 4.79 Å². The van der Waals surface area contributed by atoms with Gasteiger partial charge in [-0.2, -0.15) is 10.1 Å². The Hall–Kier alpha value is -3.10. The Morgan fingerprint density at radius 1 is 1.24 bits per heavy atom. The van der Waals surface area contributed by atoms with Crippen molar-refractivity contribution < 1.29 is 9.53 Å². The molecule has 3 heterocycles. The quantitative estimate of drug-likeness (QED) is 0.418. The van der Waals surface area contributed by atoms with Crippen molar-refractivity contribution in [3.05, 3.63) is 59.2 Å². The molecule has 1 N–H and O–H groups in total. The molecule has 33 heavy (non-hydrogen) atoms. The number of halogens is 1. The molecular formula is C24H24ClN5O2S.